The van der Waals surface area contributed by atoms with Gasteiger partial charge in [0.25, 0.3) is 0 Å². The molecule has 0 unspecified atom stereocenters. The Labute approximate surface area is 99.9 Å². The van der Waals surface area contributed by atoms with Gasteiger partial charge in [0.15, 0.2) is 0 Å². The van der Waals surface area contributed by atoms with Crippen molar-refractivity contribution in [3.63, 3.8) is 0 Å². The van der Waals surface area contributed by atoms with Crippen molar-refractivity contribution in [1.29, 1.82) is 0 Å². The molecule has 2 aromatic rings. The number of hydrogen-bond donors (Lipinski definition) is 0. The van der Waals surface area contributed by atoms with Gasteiger partial charge < -0.3 is 4.74 Å². The zero-order valence-electron chi connectivity index (χ0n) is 8.98. The lowest BCUT2D eigenvalue weighted by molar-refractivity contribution is 0.303. The second-order valence-electron chi connectivity index (χ2n) is 3.54. The van der Waals surface area contributed by atoms with Crippen LogP contribution in [0.5, 0.6) is 5.75 Å². The first-order valence-electron chi connectivity index (χ1n) is 5.04. The normalized spacial score (nSPS) is 10.1. The summed E-state index contributed by atoms with van der Waals surface area (Å²) < 4.78 is 5.68. The molecule has 1 heterocycles. The van der Waals surface area contributed by atoms with Gasteiger partial charge in [-0.2, -0.15) is 0 Å². The highest BCUT2D eigenvalue weighted by molar-refractivity contribution is 6.29. The van der Waals surface area contributed by atoms with E-state index < -0.39 is 0 Å². The molecular weight excluding hydrogens is 222 g/mol. The Balaban J connectivity index is 2.02. The van der Waals surface area contributed by atoms with E-state index in [1.165, 1.54) is 0 Å². The maximum atomic E-state index is 5.70. The van der Waals surface area contributed by atoms with Crippen LogP contribution in [0.25, 0.3) is 0 Å². The largest absolute Gasteiger partial charge is 0.489 e. The maximum absolute atomic E-state index is 5.70. The Bertz CT molecular complexity index is 468. The molecule has 0 aliphatic carbocycles. The predicted octanol–water partition coefficient (Wildman–Crippen LogP) is 3.62. The number of aryl methyl sites for hydroxylation is 1. The molecule has 2 rings (SSSR count). The monoisotopic (exact) mass is 233 g/mol. The number of aromatic nitrogens is 1. The topological polar surface area (TPSA) is 22.1 Å². The SMILES string of the molecule is Cc1ccccc1OCc1ccc(Cl)nc1. The molecule has 0 saturated carbocycles. The Morgan fingerprint density at radius 1 is 1.19 bits per heavy atom. The standard InChI is InChI=1S/C13H12ClNO/c1-10-4-2-3-5-12(10)16-9-11-6-7-13(14)15-8-11/h2-8H,9H2,1H3. The van der Waals surface area contributed by atoms with Gasteiger partial charge in [0.05, 0.1) is 0 Å². The van der Waals surface area contributed by atoms with Gasteiger partial charge >= 0.3 is 0 Å². The Morgan fingerprint density at radius 2 is 2.00 bits per heavy atom. The zero-order valence-corrected chi connectivity index (χ0v) is 9.74. The summed E-state index contributed by atoms with van der Waals surface area (Å²) in [5.74, 6) is 0.900. The quantitative estimate of drug-likeness (QED) is 0.756. The fourth-order valence-electron chi connectivity index (χ4n) is 1.37. The van der Waals surface area contributed by atoms with Crippen LogP contribution in [0.3, 0.4) is 0 Å². The summed E-state index contributed by atoms with van der Waals surface area (Å²) in [6.07, 6.45) is 1.72. The Kier molecular flexibility index (Phi) is 3.42. The molecule has 0 bridgehead atoms. The van der Waals surface area contributed by atoms with Crippen molar-refractivity contribution in [3.8, 4) is 5.75 Å². The second-order valence-corrected chi connectivity index (χ2v) is 3.93. The lowest BCUT2D eigenvalue weighted by atomic mass is 10.2. The molecule has 0 spiro atoms. The molecule has 0 N–H and O–H groups in total. The van der Waals surface area contributed by atoms with E-state index in [0.717, 1.165) is 16.9 Å². The second kappa shape index (κ2) is 4.99. The van der Waals surface area contributed by atoms with Gasteiger partial charge in [-0.25, -0.2) is 4.98 Å². The van der Waals surface area contributed by atoms with Gasteiger partial charge in [-0.05, 0) is 24.6 Å². The highest BCUT2D eigenvalue weighted by Gasteiger charge is 1.99. The lowest BCUT2D eigenvalue weighted by Gasteiger charge is -2.08. The summed E-state index contributed by atoms with van der Waals surface area (Å²) in [4.78, 5) is 4.00. The summed E-state index contributed by atoms with van der Waals surface area (Å²) in [6, 6.07) is 11.6. The molecule has 0 fully saturated rings. The molecule has 0 saturated heterocycles. The van der Waals surface area contributed by atoms with E-state index in [1.54, 1.807) is 12.3 Å². The van der Waals surface area contributed by atoms with Gasteiger partial charge in [-0.15, -0.1) is 0 Å². The van der Waals surface area contributed by atoms with Crippen LogP contribution in [0, 0.1) is 6.92 Å². The van der Waals surface area contributed by atoms with Crippen molar-refractivity contribution in [1.82, 2.24) is 4.98 Å². The summed E-state index contributed by atoms with van der Waals surface area (Å²) in [7, 11) is 0. The summed E-state index contributed by atoms with van der Waals surface area (Å²) in [5.41, 5.74) is 2.14. The van der Waals surface area contributed by atoms with Crippen LogP contribution in [-0.2, 0) is 6.61 Å². The molecule has 0 amide bonds. The molecule has 16 heavy (non-hydrogen) atoms. The van der Waals surface area contributed by atoms with Crippen molar-refractivity contribution in [2.75, 3.05) is 0 Å². The third-order valence-electron chi connectivity index (χ3n) is 2.28. The molecule has 0 aliphatic rings. The van der Waals surface area contributed by atoms with Gasteiger partial charge in [0.1, 0.15) is 17.5 Å². The minimum Gasteiger partial charge on any atom is -0.489 e. The molecule has 1 aromatic carbocycles. The average molecular weight is 234 g/mol. The van der Waals surface area contributed by atoms with Crippen LogP contribution in [0.4, 0.5) is 0 Å². The minimum atomic E-state index is 0.500. The molecule has 0 atom stereocenters. The van der Waals surface area contributed by atoms with E-state index in [1.807, 2.05) is 37.3 Å². The van der Waals surface area contributed by atoms with E-state index in [0.29, 0.717) is 11.8 Å². The van der Waals surface area contributed by atoms with E-state index in [9.17, 15) is 0 Å². The van der Waals surface area contributed by atoms with Crippen molar-refractivity contribution in [2.24, 2.45) is 0 Å². The number of ether oxygens (including phenoxy) is 1. The van der Waals surface area contributed by atoms with Crippen LogP contribution in [0.1, 0.15) is 11.1 Å². The highest BCUT2D eigenvalue weighted by Crippen LogP contribution is 2.17. The van der Waals surface area contributed by atoms with E-state index in [2.05, 4.69) is 4.98 Å². The zero-order chi connectivity index (χ0) is 11.4. The first kappa shape index (κ1) is 11.0. The Morgan fingerprint density at radius 3 is 2.69 bits per heavy atom. The lowest BCUT2D eigenvalue weighted by Crippen LogP contribution is -1.97. The van der Waals surface area contributed by atoms with Crippen LogP contribution in [-0.4, -0.2) is 4.98 Å². The first-order valence-corrected chi connectivity index (χ1v) is 5.42. The van der Waals surface area contributed by atoms with Crippen LogP contribution >= 0.6 is 11.6 Å². The summed E-state index contributed by atoms with van der Waals surface area (Å²) in [5, 5.41) is 0.500. The predicted molar refractivity (Wildman–Crippen MR) is 64.8 cm³/mol. The molecule has 3 heteroatoms. The van der Waals surface area contributed by atoms with Crippen molar-refractivity contribution < 1.29 is 4.74 Å². The first-order chi connectivity index (χ1) is 7.75. The molecule has 2 nitrogen and oxygen atoms in total. The average Bonchev–Trinajstić information content (AvgIpc) is 2.30. The van der Waals surface area contributed by atoms with Gasteiger partial charge in [-0.1, -0.05) is 35.9 Å². The number of pyridine rings is 1. The van der Waals surface area contributed by atoms with Gasteiger partial charge in [-0.3, -0.25) is 0 Å². The van der Waals surface area contributed by atoms with E-state index in [-0.39, 0.29) is 0 Å². The minimum absolute atomic E-state index is 0.500. The Hall–Kier alpha value is -1.54. The van der Waals surface area contributed by atoms with Crippen LogP contribution < -0.4 is 4.74 Å². The van der Waals surface area contributed by atoms with E-state index in [4.69, 9.17) is 16.3 Å². The van der Waals surface area contributed by atoms with E-state index >= 15 is 0 Å². The third kappa shape index (κ3) is 2.74. The number of halogens is 1. The summed E-state index contributed by atoms with van der Waals surface area (Å²) >= 11 is 5.70. The van der Waals surface area contributed by atoms with Crippen molar-refractivity contribution >= 4 is 11.6 Å². The van der Waals surface area contributed by atoms with Crippen molar-refractivity contribution in [2.45, 2.75) is 13.5 Å². The highest BCUT2D eigenvalue weighted by atomic mass is 35.5. The number of hydrogen-bond acceptors (Lipinski definition) is 2. The molecule has 0 aliphatic heterocycles. The van der Waals surface area contributed by atoms with Crippen LogP contribution in [0.2, 0.25) is 5.15 Å². The number of rotatable bonds is 3. The number of para-hydroxylation sites is 1. The summed E-state index contributed by atoms with van der Waals surface area (Å²) in [6.45, 7) is 2.53. The fraction of sp³-hybridized carbons (Fsp3) is 0.154. The smallest absolute Gasteiger partial charge is 0.129 e. The maximum Gasteiger partial charge on any atom is 0.129 e. The molecule has 1 aromatic heterocycles. The number of benzene rings is 1. The fourth-order valence-corrected chi connectivity index (χ4v) is 1.48. The number of nitrogens with zero attached hydrogens (tertiary/aromatic N) is 1. The van der Waals surface area contributed by atoms with Gasteiger partial charge in [0, 0.05) is 11.8 Å². The van der Waals surface area contributed by atoms with Gasteiger partial charge in [0.2, 0.25) is 0 Å². The molecular formula is C13H12ClNO. The molecule has 82 valence electrons. The van der Waals surface area contributed by atoms with Crippen LogP contribution in [0.15, 0.2) is 42.6 Å². The molecule has 0 radical (unpaired) electrons. The third-order valence-corrected chi connectivity index (χ3v) is 2.50. The van der Waals surface area contributed by atoms with Crippen molar-refractivity contribution in [3.05, 3.63) is 58.9 Å².